The maximum atomic E-state index is 13.8. The number of hydrogen-bond donors (Lipinski definition) is 1. The Morgan fingerprint density at radius 1 is 0.857 bits per heavy atom. The average Bonchev–Trinajstić information content (AvgIpc) is 3.07. The largest absolute Gasteiger partial charge is 0.378 e. The normalized spacial score (nSPS) is 13.6. The maximum absolute atomic E-state index is 13.8. The van der Waals surface area contributed by atoms with Crippen molar-refractivity contribution in [1.82, 2.24) is 0 Å². The Morgan fingerprint density at radius 3 is 2.14 bits per heavy atom. The second kappa shape index (κ2) is 10.2. The number of imide groups is 1. The van der Waals surface area contributed by atoms with Gasteiger partial charge < -0.3 is 10.2 Å². The van der Waals surface area contributed by atoms with Gasteiger partial charge in [-0.2, -0.15) is 0 Å². The van der Waals surface area contributed by atoms with Crippen LogP contribution in [0.2, 0.25) is 0 Å². The van der Waals surface area contributed by atoms with Gasteiger partial charge in [0.15, 0.2) is 0 Å². The van der Waals surface area contributed by atoms with Gasteiger partial charge in [0.1, 0.15) is 5.70 Å². The zero-order chi connectivity index (χ0) is 25.1. The molecule has 3 aromatic rings. The van der Waals surface area contributed by atoms with Gasteiger partial charge in [0.2, 0.25) is 0 Å². The Labute approximate surface area is 208 Å². The topological polar surface area (TPSA) is 52.7 Å². The second-order valence-corrected chi connectivity index (χ2v) is 9.35. The molecular weight excluding hydrogens is 434 g/mol. The van der Waals surface area contributed by atoms with E-state index in [1.54, 1.807) is 0 Å². The van der Waals surface area contributed by atoms with E-state index in [-0.39, 0.29) is 11.8 Å². The van der Waals surface area contributed by atoms with Crippen LogP contribution in [-0.2, 0) is 16.0 Å². The van der Waals surface area contributed by atoms with E-state index in [1.165, 1.54) is 10.5 Å². The van der Waals surface area contributed by atoms with Crippen molar-refractivity contribution in [2.75, 3.05) is 29.2 Å². The van der Waals surface area contributed by atoms with Gasteiger partial charge in [0.25, 0.3) is 11.8 Å². The van der Waals surface area contributed by atoms with Crippen LogP contribution in [0.3, 0.4) is 0 Å². The summed E-state index contributed by atoms with van der Waals surface area (Å²) in [5, 5.41) is 3.27. The minimum absolute atomic E-state index is 0.301. The average molecular weight is 468 g/mol. The van der Waals surface area contributed by atoms with Gasteiger partial charge in [-0.3, -0.25) is 9.59 Å². The minimum atomic E-state index is -0.344. The van der Waals surface area contributed by atoms with Crippen LogP contribution in [0.4, 0.5) is 17.1 Å². The first-order chi connectivity index (χ1) is 16.8. The maximum Gasteiger partial charge on any atom is 0.282 e. The van der Waals surface area contributed by atoms with Crippen LogP contribution in [0.1, 0.15) is 42.0 Å². The Bertz CT molecular complexity index is 1270. The van der Waals surface area contributed by atoms with Crippen molar-refractivity contribution in [3.63, 3.8) is 0 Å². The molecule has 0 radical (unpaired) electrons. The van der Waals surface area contributed by atoms with Crippen LogP contribution in [0.5, 0.6) is 0 Å². The summed E-state index contributed by atoms with van der Waals surface area (Å²) in [7, 11) is 3.96. The lowest BCUT2D eigenvalue weighted by molar-refractivity contribution is -0.120. The number of carbonyl (C=O) groups is 2. The first-order valence-electron chi connectivity index (χ1n) is 12.1. The third kappa shape index (κ3) is 4.99. The fourth-order valence-electron chi connectivity index (χ4n) is 4.40. The molecule has 5 nitrogen and oxygen atoms in total. The molecule has 1 heterocycles. The van der Waals surface area contributed by atoms with Gasteiger partial charge in [-0.05, 0) is 79.8 Å². The van der Waals surface area contributed by atoms with E-state index < -0.39 is 0 Å². The van der Waals surface area contributed by atoms with Gasteiger partial charge in [0.05, 0.1) is 11.3 Å². The van der Waals surface area contributed by atoms with Crippen molar-refractivity contribution in [3.8, 4) is 0 Å². The molecule has 3 aromatic carbocycles. The SMILES string of the molecule is CCCCc1ccc(N2C(=O)C(Nc3ccc(N(C)C)cc3)=C(c3ccc(C)cc3C)C2=O)cc1. The highest BCUT2D eigenvalue weighted by Gasteiger charge is 2.40. The van der Waals surface area contributed by atoms with Crippen LogP contribution in [-0.4, -0.2) is 25.9 Å². The van der Waals surface area contributed by atoms with Crippen molar-refractivity contribution < 1.29 is 9.59 Å². The monoisotopic (exact) mass is 467 g/mol. The predicted molar refractivity (Wildman–Crippen MR) is 145 cm³/mol. The summed E-state index contributed by atoms with van der Waals surface area (Å²) in [5.74, 6) is -0.654. The molecule has 35 heavy (non-hydrogen) atoms. The Kier molecular flexibility index (Phi) is 7.06. The van der Waals surface area contributed by atoms with E-state index >= 15 is 0 Å². The zero-order valence-corrected chi connectivity index (χ0v) is 21.2. The molecule has 5 heteroatoms. The molecule has 1 aliphatic heterocycles. The molecule has 1 N–H and O–H groups in total. The standard InChI is InChI=1S/C30H33N3O2/c1-6-7-8-22-10-14-25(15-11-22)33-29(34)27(26-18-9-20(2)19-21(26)3)28(30(33)35)31-23-12-16-24(17-13-23)32(4)5/h9-19,31H,6-8H2,1-5H3. The van der Waals surface area contributed by atoms with Gasteiger partial charge in [-0.1, -0.05) is 49.2 Å². The van der Waals surface area contributed by atoms with Crippen molar-refractivity contribution in [2.24, 2.45) is 0 Å². The van der Waals surface area contributed by atoms with E-state index in [2.05, 4.69) is 12.2 Å². The van der Waals surface area contributed by atoms with Crippen molar-refractivity contribution in [2.45, 2.75) is 40.0 Å². The molecule has 0 atom stereocenters. The van der Waals surface area contributed by atoms with Gasteiger partial charge in [-0.25, -0.2) is 4.90 Å². The minimum Gasteiger partial charge on any atom is -0.378 e. The first-order valence-corrected chi connectivity index (χ1v) is 12.1. The lowest BCUT2D eigenvalue weighted by atomic mass is 9.97. The number of anilines is 3. The molecule has 2 amide bonds. The van der Waals surface area contributed by atoms with E-state index in [9.17, 15) is 9.59 Å². The molecule has 0 aliphatic carbocycles. The molecule has 180 valence electrons. The summed E-state index contributed by atoms with van der Waals surface area (Å²) in [6.45, 7) is 6.16. The van der Waals surface area contributed by atoms with Gasteiger partial charge in [-0.15, -0.1) is 0 Å². The van der Waals surface area contributed by atoms with Crippen molar-refractivity contribution in [1.29, 1.82) is 0 Å². The molecule has 0 bridgehead atoms. The second-order valence-electron chi connectivity index (χ2n) is 9.35. The molecular formula is C30H33N3O2. The number of hydrogen-bond acceptors (Lipinski definition) is 4. The summed E-state index contributed by atoms with van der Waals surface area (Å²) in [6.07, 6.45) is 3.22. The number of carbonyl (C=O) groups excluding carboxylic acids is 2. The van der Waals surface area contributed by atoms with Crippen molar-refractivity contribution in [3.05, 3.63) is 94.7 Å². The number of amides is 2. The highest BCUT2D eigenvalue weighted by Crippen LogP contribution is 2.35. The van der Waals surface area contributed by atoms with E-state index in [0.717, 1.165) is 47.3 Å². The smallest absolute Gasteiger partial charge is 0.282 e. The lowest BCUT2D eigenvalue weighted by Gasteiger charge is -2.16. The summed E-state index contributed by atoms with van der Waals surface area (Å²) >= 11 is 0. The highest BCUT2D eigenvalue weighted by atomic mass is 16.2. The molecule has 0 aromatic heterocycles. The van der Waals surface area contributed by atoms with Crippen LogP contribution >= 0.6 is 0 Å². The molecule has 1 aliphatic rings. The fraction of sp³-hybridized carbons (Fsp3) is 0.267. The third-order valence-corrected chi connectivity index (χ3v) is 6.40. The number of benzene rings is 3. The number of nitrogens with one attached hydrogen (secondary N) is 1. The van der Waals surface area contributed by atoms with E-state index in [1.807, 2.05) is 99.6 Å². The quantitative estimate of drug-likeness (QED) is 0.406. The first kappa shape index (κ1) is 24.3. The van der Waals surface area contributed by atoms with Gasteiger partial charge in [0, 0.05) is 25.5 Å². The molecule has 0 unspecified atom stereocenters. The molecule has 4 rings (SSSR count). The summed E-state index contributed by atoms with van der Waals surface area (Å²) < 4.78 is 0. The van der Waals surface area contributed by atoms with Crippen LogP contribution in [0.25, 0.3) is 5.57 Å². The van der Waals surface area contributed by atoms with Crippen LogP contribution in [0, 0.1) is 13.8 Å². The zero-order valence-electron chi connectivity index (χ0n) is 21.2. The van der Waals surface area contributed by atoms with E-state index in [4.69, 9.17) is 0 Å². The predicted octanol–water partition coefficient (Wildman–Crippen LogP) is 6.11. The highest BCUT2D eigenvalue weighted by molar-refractivity contribution is 6.46. The summed E-state index contributed by atoms with van der Waals surface area (Å²) in [4.78, 5) is 30.7. The van der Waals surface area contributed by atoms with Crippen molar-refractivity contribution >= 4 is 34.4 Å². The van der Waals surface area contributed by atoms with Gasteiger partial charge >= 0.3 is 0 Å². The summed E-state index contributed by atoms with van der Waals surface area (Å²) in [6, 6.07) is 21.5. The Balaban J connectivity index is 1.74. The lowest BCUT2D eigenvalue weighted by Crippen LogP contribution is -2.32. The number of rotatable bonds is 8. The molecule has 0 saturated carbocycles. The van der Waals surface area contributed by atoms with Crippen LogP contribution < -0.4 is 15.1 Å². The third-order valence-electron chi connectivity index (χ3n) is 6.40. The number of unbranched alkanes of at least 4 members (excludes halogenated alkanes) is 1. The Morgan fingerprint density at radius 2 is 1.54 bits per heavy atom. The molecule has 0 fully saturated rings. The fourth-order valence-corrected chi connectivity index (χ4v) is 4.40. The number of aryl methyl sites for hydroxylation is 3. The molecule has 0 saturated heterocycles. The van der Waals surface area contributed by atoms with Crippen LogP contribution in [0.15, 0.2) is 72.4 Å². The molecule has 0 spiro atoms. The Hall–Kier alpha value is -3.86. The summed E-state index contributed by atoms with van der Waals surface area (Å²) in [5.41, 5.74) is 7.14. The number of nitrogens with zero attached hydrogens (tertiary/aromatic N) is 2. The van der Waals surface area contributed by atoms with E-state index in [0.29, 0.717) is 17.0 Å².